The van der Waals surface area contributed by atoms with Crippen LogP contribution in [0.15, 0.2) is 28.0 Å². The number of nitrogens with one attached hydrogen (secondary N) is 2. The third kappa shape index (κ3) is 6.28. The zero-order chi connectivity index (χ0) is 19.9. The second-order valence-corrected chi connectivity index (χ2v) is 7.13. The summed E-state index contributed by atoms with van der Waals surface area (Å²) < 4.78 is 16.5. The van der Waals surface area contributed by atoms with E-state index in [2.05, 4.69) is 20.7 Å². The minimum absolute atomic E-state index is 0. The molecule has 29 heavy (non-hydrogen) atoms. The Labute approximate surface area is 187 Å². The molecule has 0 saturated heterocycles. The number of aromatic nitrogens is 3. The van der Waals surface area contributed by atoms with Gasteiger partial charge in [-0.1, -0.05) is 6.07 Å². The van der Waals surface area contributed by atoms with E-state index in [0.717, 1.165) is 61.6 Å². The lowest BCUT2D eigenvalue weighted by Crippen LogP contribution is -2.39. The van der Waals surface area contributed by atoms with Gasteiger partial charge in [-0.25, -0.2) is 13.9 Å². The second kappa shape index (κ2) is 11.3. The van der Waals surface area contributed by atoms with Crippen molar-refractivity contribution in [3.8, 4) is 0 Å². The summed E-state index contributed by atoms with van der Waals surface area (Å²) in [7, 11) is 1.73. The van der Waals surface area contributed by atoms with Gasteiger partial charge in [-0.05, 0) is 55.9 Å². The Bertz CT molecular complexity index is 892. The Hall–Kier alpha value is -1.91. The van der Waals surface area contributed by atoms with E-state index in [0.29, 0.717) is 19.6 Å². The van der Waals surface area contributed by atoms with Crippen molar-refractivity contribution in [1.82, 2.24) is 25.0 Å². The first-order valence-corrected chi connectivity index (χ1v) is 9.94. The monoisotopic (exact) mass is 516 g/mol. The predicted octanol–water partition coefficient (Wildman–Crippen LogP) is 2.24. The molecular weight excluding hydrogens is 486 g/mol. The fourth-order valence-electron chi connectivity index (χ4n) is 3.51. The molecule has 0 fully saturated rings. The molecule has 0 aliphatic carbocycles. The maximum absolute atomic E-state index is 13.2. The van der Waals surface area contributed by atoms with Crippen LogP contribution in [0.4, 0.5) is 4.39 Å². The highest BCUT2D eigenvalue weighted by Gasteiger charge is 2.16. The van der Waals surface area contributed by atoms with Crippen molar-refractivity contribution in [2.75, 3.05) is 20.1 Å². The number of hydrogen-bond acceptors (Lipinski definition) is 3. The topological polar surface area (TPSA) is 76.2 Å². The summed E-state index contributed by atoms with van der Waals surface area (Å²) in [5, 5.41) is 11.0. The Kier molecular flexibility index (Phi) is 9.12. The molecule has 0 radical (unpaired) electrons. The van der Waals surface area contributed by atoms with Crippen molar-refractivity contribution in [1.29, 1.82) is 0 Å². The molecule has 1 aliphatic rings. The maximum Gasteiger partial charge on any atom is 0.345 e. The van der Waals surface area contributed by atoms with Crippen LogP contribution in [0.1, 0.15) is 36.2 Å². The van der Waals surface area contributed by atoms with E-state index in [1.54, 1.807) is 22.4 Å². The van der Waals surface area contributed by atoms with E-state index >= 15 is 0 Å². The van der Waals surface area contributed by atoms with E-state index in [-0.39, 0.29) is 35.5 Å². The molecule has 0 amide bonds. The summed E-state index contributed by atoms with van der Waals surface area (Å²) in [6.07, 6.45) is 4.64. The van der Waals surface area contributed by atoms with Crippen LogP contribution < -0.4 is 16.3 Å². The van der Waals surface area contributed by atoms with Crippen LogP contribution >= 0.6 is 24.0 Å². The lowest BCUT2D eigenvalue weighted by atomic mass is 10.1. The molecule has 0 bridgehead atoms. The molecule has 1 aromatic heterocycles. The summed E-state index contributed by atoms with van der Waals surface area (Å²) >= 11 is 0. The fraction of sp³-hybridized carbons (Fsp3) is 0.550. The summed E-state index contributed by atoms with van der Waals surface area (Å²) in [4.78, 5) is 16.5. The van der Waals surface area contributed by atoms with Gasteiger partial charge in [0.2, 0.25) is 0 Å². The highest BCUT2D eigenvalue weighted by atomic mass is 127. The highest BCUT2D eigenvalue weighted by Crippen LogP contribution is 2.10. The van der Waals surface area contributed by atoms with Gasteiger partial charge in [0.25, 0.3) is 0 Å². The Morgan fingerprint density at radius 2 is 2.07 bits per heavy atom. The Morgan fingerprint density at radius 1 is 1.28 bits per heavy atom. The first kappa shape index (κ1) is 23.4. The number of rotatable bonds is 7. The van der Waals surface area contributed by atoms with Gasteiger partial charge in [0.05, 0.1) is 0 Å². The molecule has 3 rings (SSSR count). The molecule has 160 valence electrons. The van der Waals surface area contributed by atoms with Crippen LogP contribution in [0, 0.1) is 12.7 Å². The summed E-state index contributed by atoms with van der Waals surface area (Å²) in [6, 6.07) is 4.87. The zero-order valence-corrected chi connectivity index (χ0v) is 19.4. The number of aryl methyl sites for hydroxylation is 3. The smallest absolute Gasteiger partial charge is 0.345 e. The zero-order valence-electron chi connectivity index (χ0n) is 17.1. The molecular formula is C20H30FIN6O. The molecule has 0 unspecified atom stereocenters. The average molecular weight is 516 g/mol. The van der Waals surface area contributed by atoms with Gasteiger partial charge >= 0.3 is 5.69 Å². The molecule has 0 atom stereocenters. The van der Waals surface area contributed by atoms with Gasteiger partial charge in [-0.2, -0.15) is 5.10 Å². The third-order valence-corrected chi connectivity index (χ3v) is 5.09. The van der Waals surface area contributed by atoms with Gasteiger partial charge in [-0.15, -0.1) is 24.0 Å². The van der Waals surface area contributed by atoms with Crippen LogP contribution in [0.3, 0.4) is 0 Å². The number of nitrogens with zero attached hydrogens (tertiary/aromatic N) is 4. The van der Waals surface area contributed by atoms with Crippen LogP contribution in [0.2, 0.25) is 0 Å². The number of hydrogen-bond donors (Lipinski definition) is 2. The Morgan fingerprint density at radius 3 is 2.79 bits per heavy atom. The van der Waals surface area contributed by atoms with Gasteiger partial charge in [-0.3, -0.25) is 9.56 Å². The van der Waals surface area contributed by atoms with Gasteiger partial charge < -0.3 is 10.6 Å². The van der Waals surface area contributed by atoms with Crippen molar-refractivity contribution in [3.05, 3.63) is 51.5 Å². The van der Waals surface area contributed by atoms with Crippen molar-refractivity contribution < 1.29 is 4.39 Å². The first-order chi connectivity index (χ1) is 13.6. The molecule has 1 aliphatic heterocycles. The van der Waals surface area contributed by atoms with Crippen molar-refractivity contribution in [3.63, 3.8) is 0 Å². The standard InChI is InChI=1S/C20H29FN6O.HI/c1-15-14-17(21)8-7-16(15)9-11-24-19(22-2)23-10-5-13-27-20(28)26-12-4-3-6-18(26)25-27;/h7-8,14H,3-6,9-13H2,1-2H3,(H2,22,23,24);1H. The van der Waals surface area contributed by atoms with Crippen molar-refractivity contribution in [2.45, 2.75) is 52.1 Å². The van der Waals surface area contributed by atoms with Crippen molar-refractivity contribution in [2.24, 2.45) is 4.99 Å². The maximum atomic E-state index is 13.2. The largest absolute Gasteiger partial charge is 0.356 e. The molecule has 0 saturated carbocycles. The predicted molar refractivity (Wildman–Crippen MR) is 124 cm³/mol. The van der Waals surface area contributed by atoms with Gasteiger partial charge in [0.1, 0.15) is 11.6 Å². The summed E-state index contributed by atoms with van der Waals surface area (Å²) in [5.74, 6) is 1.43. The van der Waals surface area contributed by atoms with E-state index in [9.17, 15) is 9.18 Å². The minimum Gasteiger partial charge on any atom is -0.356 e. The summed E-state index contributed by atoms with van der Waals surface area (Å²) in [6.45, 7) is 4.71. The quantitative estimate of drug-likeness (QED) is 0.256. The number of fused-ring (bicyclic) bond motifs is 1. The van der Waals surface area contributed by atoms with Crippen LogP contribution in [-0.4, -0.2) is 40.4 Å². The molecule has 2 N–H and O–H groups in total. The van der Waals surface area contributed by atoms with E-state index in [4.69, 9.17) is 0 Å². The molecule has 9 heteroatoms. The van der Waals surface area contributed by atoms with Crippen LogP contribution in [0.5, 0.6) is 0 Å². The number of aliphatic imine (C=N–C) groups is 1. The third-order valence-electron chi connectivity index (χ3n) is 5.09. The molecule has 1 aromatic carbocycles. The van der Waals surface area contributed by atoms with E-state index < -0.39 is 0 Å². The number of guanidine groups is 1. The SMILES string of the molecule is CN=C(NCCCn1nc2n(c1=O)CCCC2)NCCc1ccc(F)cc1C.I. The number of benzene rings is 1. The van der Waals surface area contributed by atoms with E-state index in [1.807, 2.05) is 13.0 Å². The molecule has 7 nitrogen and oxygen atoms in total. The van der Waals surface area contributed by atoms with Gasteiger partial charge in [0.15, 0.2) is 5.96 Å². The lowest BCUT2D eigenvalue weighted by Gasteiger charge is -2.12. The minimum atomic E-state index is -0.204. The first-order valence-electron chi connectivity index (χ1n) is 9.94. The molecule has 2 aromatic rings. The average Bonchev–Trinajstić information content (AvgIpc) is 3.01. The lowest BCUT2D eigenvalue weighted by molar-refractivity contribution is 0.509. The normalized spacial score (nSPS) is 13.6. The van der Waals surface area contributed by atoms with Crippen molar-refractivity contribution >= 4 is 29.9 Å². The number of halogens is 2. The van der Waals surface area contributed by atoms with Crippen LogP contribution in [0.25, 0.3) is 0 Å². The highest BCUT2D eigenvalue weighted by molar-refractivity contribution is 14.0. The van der Waals surface area contributed by atoms with E-state index in [1.165, 1.54) is 6.07 Å². The fourth-order valence-corrected chi connectivity index (χ4v) is 3.51. The molecule has 2 heterocycles. The van der Waals surface area contributed by atoms with Crippen LogP contribution in [-0.2, 0) is 25.9 Å². The van der Waals surface area contributed by atoms with Gasteiger partial charge in [0, 0.05) is 39.6 Å². The Balaban J connectivity index is 0.00000300. The second-order valence-electron chi connectivity index (χ2n) is 7.13. The summed E-state index contributed by atoms with van der Waals surface area (Å²) in [5.41, 5.74) is 2.08. The molecule has 0 spiro atoms.